The highest BCUT2D eigenvalue weighted by molar-refractivity contribution is 6.33. The van der Waals surface area contributed by atoms with E-state index in [1.807, 2.05) is 51.6 Å². The zero-order chi connectivity index (χ0) is 11.8. The Hall–Kier alpha value is -1.09. The summed E-state index contributed by atoms with van der Waals surface area (Å²) >= 11 is 5.81. The highest BCUT2D eigenvalue weighted by atomic mass is 35.5. The monoisotopic (exact) mass is 227 g/mol. The number of hydrogen-bond acceptors (Lipinski definition) is 2. The minimum Gasteiger partial charge on any atom is -0.335 e. The van der Waals surface area contributed by atoms with Gasteiger partial charge >= 0.3 is 0 Å². The van der Waals surface area contributed by atoms with Gasteiger partial charge < -0.3 is 4.57 Å². The van der Waals surface area contributed by atoms with E-state index in [4.69, 9.17) is 11.6 Å². The maximum Gasteiger partial charge on any atom is 0.144 e. The molecule has 0 atom stereocenters. The summed E-state index contributed by atoms with van der Waals surface area (Å²) in [5.41, 5.74) is 0.866. The Labute approximate surface area is 96.1 Å². The molecular weight excluding hydrogens is 210 g/mol. The van der Waals surface area contributed by atoms with Gasteiger partial charge in [0.25, 0.3) is 0 Å². The molecule has 0 unspecified atom stereocenters. The highest BCUT2D eigenvalue weighted by Gasteiger charge is 2.02. The third kappa shape index (κ3) is 3.20. The van der Waals surface area contributed by atoms with Gasteiger partial charge in [-0.25, -0.2) is 9.97 Å². The Morgan fingerprint density at radius 1 is 1.13 bits per heavy atom. The van der Waals surface area contributed by atoms with Crippen molar-refractivity contribution in [2.24, 2.45) is 7.05 Å². The second kappa shape index (κ2) is 7.23. The molecule has 0 spiro atoms. The lowest BCUT2D eigenvalue weighted by Crippen LogP contribution is -1.88. The Balaban J connectivity index is 0.000000442. The summed E-state index contributed by atoms with van der Waals surface area (Å²) in [7, 11) is 1.92. The van der Waals surface area contributed by atoms with Crippen LogP contribution in [-0.2, 0) is 7.05 Å². The second-order valence-electron chi connectivity index (χ2n) is 2.33. The van der Waals surface area contributed by atoms with Crippen LogP contribution in [0.2, 0.25) is 5.15 Å². The topological polar surface area (TPSA) is 30.7 Å². The number of hydrogen-bond donors (Lipinski definition) is 0. The first-order valence-corrected chi connectivity index (χ1v) is 5.58. The lowest BCUT2D eigenvalue weighted by Gasteiger charge is -1.93. The quantitative estimate of drug-likeness (QED) is 0.643. The largest absolute Gasteiger partial charge is 0.335 e. The van der Waals surface area contributed by atoms with E-state index in [1.165, 1.54) is 6.33 Å². The first-order chi connectivity index (χ1) is 7.29. The van der Waals surface area contributed by atoms with E-state index in [2.05, 4.69) is 9.97 Å². The molecule has 84 valence electrons. The van der Waals surface area contributed by atoms with Crippen molar-refractivity contribution in [1.29, 1.82) is 0 Å². The smallest absolute Gasteiger partial charge is 0.144 e. The van der Waals surface area contributed by atoms with Crippen molar-refractivity contribution in [3.05, 3.63) is 23.7 Å². The molecule has 4 heteroatoms. The number of nitrogens with zero attached hydrogens (tertiary/aromatic N) is 3. The fourth-order valence-electron chi connectivity index (χ4n) is 1.05. The zero-order valence-electron chi connectivity index (χ0n) is 9.95. The maximum absolute atomic E-state index is 5.81. The summed E-state index contributed by atoms with van der Waals surface area (Å²) in [6.07, 6.45) is 3.37. The molecule has 0 radical (unpaired) electrons. The van der Waals surface area contributed by atoms with Crippen molar-refractivity contribution in [2.75, 3.05) is 0 Å². The Kier molecular flexibility index (Phi) is 6.71. The molecule has 3 nitrogen and oxygen atoms in total. The molecule has 0 aliphatic rings. The van der Waals surface area contributed by atoms with E-state index in [1.54, 1.807) is 0 Å². The summed E-state index contributed by atoms with van der Waals surface area (Å²) < 4.78 is 1.91. The van der Waals surface area contributed by atoms with Gasteiger partial charge in [0, 0.05) is 13.2 Å². The molecule has 0 aromatic carbocycles. The molecular formula is C11H18ClN3. The van der Waals surface area contributed by atoms with E-state index in [0.29, 0.717) is 5.15 Å². The average Bonchev–Trinajstić information content (AvgIpc) is 2.68. The number of aryl methyl sites for hydroxylation is 1. The summed E-state index contributed by atoms with van der Waals surface area (Å²) in [5, 5.41) is 1.41. The van der Waals surface area contributed by atoms with E-state index in [-0.39, 0.29) is 0 Å². The van der Waals surface area contributed by atoms with Crippen LogP contribution in [0.4, 0.5) is 0 Å². The molecule has 0 N–H and O–H groups in total. The molecule has 0 aliphatic heterocycles. The van der Waals surface area contributed by atoms with Crippen LogP contribution in [0.1, 0.15) is 27.7 Å². The normalized spacial score (nSPS) is 8.67. The van der Waals surface area contributed by atoms with Gasteiger partial charge in [0.15, 0.2) is 0 Å². The molecule has 0 bridgehead atoms. The van der Waals surface area contributed by atoms with E-state index < -0.39 is 0 Å². The Bertz CT molecular complexity index is 396. The third-order valence-corrected chi connectivity index (χ3v) is 1.91. The van der Waals surface area contributed by atoms with Gasteiger partial charge in [0.2, 0.25) is 0 Å². The second-order valence-corrected chi connectivity index (χ2v) is 2.69. The Morgan fingerprint density at radius 3 is 2.27 bits per heavy atom. The standard InChI is InChI=1S/C7H6ClN3.2C2H6/c1-11-3-2-5-6(8)9-4-10-7(5)11;2*1-2/h2-4H,1H3;2*1-2H3. The third-order valence-electron chi connectivity index (χ3n) is 1.61. The van der Waals surface area contributed by atoms with Gasteiger partial charge in [-0.05, 0) is 6.07 Å². The van der Waals surface area contributed by atoms with Crippen LogP contribution in [0.25, 0.3) is 11.0 Å². The van der Waals surface area contributed by atoms with Crippen molar-refractivity contribution in [2.45, 2.75) is 27.7 Å². The SMILES string of the molecule is CC.CC.Cn1ccc2c(Cl)ncnc21. The van der Waals surface area contributed by atoms with Gasteiger partial charge in [-0.1, -0.05) is 39.3 Å². The van der Waals surface area contributed by atoms with Gasteiger partial charge in [-0.15, -0.1) is 0 Å². The van der Waals surface area contributed by atoms with Crippen LogP contribution >= 0.6 is 11.6 Å². The average molecular weight is 228 g/mol. The van der Waals surface area contributed by atoms with Crippen LogP contribution in [-0.4, -0.2) is 14.5 Å². The first-order valence-electron chi connectivity index (χ1n) is 5.20. The van der Waals surface area contributed by atoms with Gasteiger partial charge in [0.05, 0.1) is 5.39 Å². The lowest BCUT2D eigenvalue weighted by atomic mass is 10.4. The lowest BCUT2D eigenvalue weighted by molar-refractivity contribution is 0.943. The summed E-state index contributed by atoms with van der Waals surface area (Å²) in [4.78, 5) is 7.93. The van der Waals surface area contributed by atoms with Gasteiger partial charge in [-0.2, -0.15) is 0 Å². The fraction of sp³-hybridized carbons (Fsp3) is 0.455. The number of aromatic nitrogens is 3. The molecule has 15 heavy (non-hydrogen) atoms. The maximum atomic E-state index is 5.81. The van der Waals surface area contributed by atoms with E-state index in [9.17, 15) is 0 Å². The van der Waals surface area contributed by atoms with Crippen molar-refractivity contribution >= 4 is 22.6 Å². The predicted octanol–water partition coefficient (Wildman–Crippen LogP) is 3.67. The molecule has 0 saturated heterocycles. The zero-order valence-corrected chi connectivity index (χ0v) is 10.7. The summed E-state index contributed by atoms with van der Waals surface area (Å²) in [6.45, 7) is 8.00. The molecule has 0 saturated carbocycles. The first kappa shape index (κ1) is 13.9. The van der Waals surface area contributed by atoms with Crippen molar-refractivity contribution in [3.8, 4) is 0 Å². The molecule has 2 aromatic heterocycles. The molecule has 2 aromatic rings. The van der Waals surface area contributed by atoms with Crippen molar-refractivity contribution < 1.29 is 0 Å². The van der Waals surface area contributed by atoms with E-state index in [0.717, 1.165) is 11.0 Å². The number of rotatable bonds is 0. The minimum atomic E-state index is 0.510. The van der Waals surface area contributed by atoms with Crippen LogP contribution < -0.4 is 0 Å². The molecule has 0 fully saturated rings. The Morgan fingerprint density at radius 2 is 1.73 bits per heavy atom. The summed E-state index contributed by atoms with van der Waals surface area (Å²) in [5.74, 6) is 0. The van der Waals surface area contributed by atoms with Crippen molar-refractivity contribution in [1.82, 2.24) is 14.5 Å². The molecule has 2 heterocycles. The van der Waals surface area contributed by atoms with Crippen LogP contribution in [0.15, 0.2) is 18.6 Å². The molecule has 0 aliphatic carbocycles. The molecule has 0 amide bonds. The number of fused-ring (bicyclic) bond motifs is 1. The van der Waals surface area contributed by atoms with Crippen molar-refractivity contribution in [3.63, 3.8) is 0 Å². The summed E-state index contributed by atoms with van der Waals surface area (Å²) in [6, 6.07) is 1.90. The predicted molar refractivity (Wildman–Crippen MR) is 66.2 cm³/mol. The molecule has 2 rings (SSSR count). The fourth-order valence-corrected chi connectivity index (χ4v) is 1.24. The van der Waals surface area contributed by atoms with Crippen LogP contribution in [0, 0.1) is 0 Å². The van der Waals surface area contributed by atoms with Crippen LogP contribution in [0.5, 0.6) is 0 Å². The van der Waals surface area contributed by atoms with Crippen LogP contribution in [0.3, 0.4) is 0 Å². The van der Waals surface area contributed by atoms with E-state index >= 15 is 0 Å². The van der Waals surface area contributed by atoms with Gasteiger partial charge in [-0.3, -0.25) is 0 Å². The minimum absolute atomic E-state index is 0.510. The number of halogens is 1. The van der Waals surface area contributed by atoms with Gasteiger partial charge in [0.1, 0.15) is 17.1 Å². The highest BCUT2D eigenvalue weighted by Crippen LogP contribution is 2.18.